The van der Waals surface area contributed by atoms with E-state index in [0.717, 1.165) is 10.9 Å². The number of ether oxygens (including phenoxy) is 1. The van der Waals surface area contributed by atoms with Crippen molar-refractivity contribution in [1.82, 2.24) is 4.57 Å². The molecule has 20 heavy (non-hydrogen) atoms. The molecule has 1 heterocycles. The van der Waals surface area contributed by atoms with E-state index in [2.05, 4.69) is 15.9 Å². The smallest absolute Gasteiger partial charge is 0.420 e. The number of rotatable bonds is 1. The highest BCUT2D eigenvalue weighted by atomic mass is 79.9. The third-order valence-corrected chi connectivity index (χ3v) is 3.36. The number of nitriles is 1. The van der Waals surface area contributed by atoms with Gasteiger partial charge in [-0.05, 0) is 38.5 Å². The zero-order valence-corrected chi connectivity index (χ0v) is 13.2. The van der Waals surface area contributed by atoms with Crippen LogP contribution >= 0.6 is 15.9 Å². The number of halogens is 1. The molecule has 0 amide bonds. The molecular weight excluding hydrogens is 320 g/mol. The van der Waals surface area contributed by atoms with E-state index >= 15 is 0 Å². The average molecular weight is 335 g/mol. The highest BCUT2D eigenvalue weighted by Crippen LogP contribution is 2.23. The Bertz CT molecular complexity index is 705. The average Bonchev–Trinajstić information content (AvgIpc) is 2.73. The van der Waals surface area contributed by atoms with Crippen LogP contribution in [-0.4, -0.2) is 16.3 Å². The molecule has 0 atom stereocenters. The number of nitrogens with zero attached hydrogens (tertiary/aromatic N) is 2. The van der Waals surface area contributed by atoms with Gasteiger partial charge >= 0.3 is 6.09 Å². The Morgan fingerprint density at radius 1 is 1.40 bits per heavy atom. The monoisotopic (exact) mass is 334 g/mol. The molecule has 4 nitrogen and oxygen atoms in total. The Balaban J connectivity index is 2.60. The molecule has 1 aromatic heterocycles. The molecule has 2 aromatic rings. The number of aromatic nitrogens is 1. The third kappa shape index (κ3) is 2.86. The van der Waals surface area contributed by atoms with Gasteiger partial charge in [-0.25, -0.2) is 9.36 Å². The quantitative estimate of drug-likeness (QED) is 0.734. The van der Waals surface area contributed by atoms with E-state index in [1.54, 1.807) is 26.8 Å². The molecule has 0 aliphatic carbocycles. The van der Waals surface area contributed by atoms with E-state index < -0.39 is 11.7 Å². The summed E-state index contributed by atoms with van der Waals surface area (Å²) in [6, 6.07) is 9.47. The number of fused-ring (bicyclic) bond motifs is 1. The maximum Gasteiger partial charge on any atom is 0.420 e. The lowest BCUT2D eigenvalue weighted by atomic mass is 10.2. The Morgan fingerprint density at radius 3 is 2.65 bits per heavy atom. The fourth-order valence-electron chi connectivity index (χ4n) is 1.92. The number of benzene rings is 1. The van der Waals surface area contributed by atoms with E-state index in [4.69, 9.17) is 4.74 Å². The van der Waals surface area contributed by atoms with Gasteiger partial charge in [0.05, 0.1) is 5.52 Å². The van der Waals surface area contributed by atoms with Crippen LogP contribution in [0.4, 0.5) is 4.79 Å². The summed E-state index contributed by atoms with van der Waals surface area (Å²) < 4.78 is 6.69. The molecule has 0 aliphatic heterocycles. The van der Waals surface area contributed by atoms with E-state index in [9.17, 15) is 10.1 Å². The van der Waals surface area contributed by atoms with Crippen LogP contribution in [-0.2, 0) is 10.1 Å². The van der Waals surface area contributed by atoms with E-state index in [1.165, 1.54) is 4.57 Å². The standard InChI is InChI=1S/C15H15BrN2O2/c1-15(2,3)20-14(19)18-12(9-17)7-11-5-4-10(8-16)6-13(11)18/h4-7H,8H2,1-3H3. The van der Waals surface area contributed by atoms with Gasteiger partial charge < -0.3 is 4.74 Å². The number of alkyl halides is 1. The Kier molecular flexibility index (Phi) is 3.87. The van der Waals surface area contributed by atoms with Gasteiger partial charge in [0.15, 0.2) is 0 Å². The van der Waals surface area contributed by atoms with Crippen molar-refractivity contribution in [3.63, 3.8) is 0 Å². The minimum absolute atomic E-state index is 0.279. The first-order chi connectivity index (χ1) is 9.35. The Morgan fingerprint density at radius 2 is 2.10 bits per heavy atom. The zero-order chi connectivity index (χ0) is 14.9. The molecular formula is C15H15BrN2O2. The molecule has 0 bridgehead atoms. The molecule has 0 saturated heterocycles. The van der Waals surface area contributed by atoms with E-state index in [-0.39, 0.29) is 5.69 Å². The van der Waals surface area contributed by atoms with Gasteiger partial charge in [-0.15, -0.1) is 0 Å². The second-order valence-corrected chi connectivity index (χ2v) is 6.04. The Labute approximate surface area is 126 Å². The van der Waals surface area contributed by atoms with Gasteiger partial charge in [0.2, 0.25) is 0 Å². The second-order valence-electron chi connectivity index (χ2n) is 5.48. The largest absolute Gasteiger partial charge is 0.443 e. The lowest BCUT2D eigenvalue weighted by Gasteiger charge is -2.20. The summed E-state index contributed by atoms with van der Waals surface area (Å²) in [5, 5.41) is 10.7. The van der Waals surface area contributed by atoms with Crippen LogP contribution in [0.5, 0.6) is 0 Å². The van der Waals surface area contributed by atoms with Crippen LogP contribution in [0.3, 0.4) is 0 Å². The highest BCUT2D eigenvalue weighted by molar-refractivity contribution is 9.08. The van der Waals surface area contributed by atoms with Crippen LogP contribution < -0.4 is 0 Å². The van der Waals surface area contributed by atoms with Gasteiger partial charge in [0.25, 0.3) is 0 Å². The van der Waals surface area contributed by atoms with Gasteiger partial charge in [-0.1, -0.05) is 28.1 Å². The maximum absolute atomic E-state index is 12.3. The number of carbonyl (C=O) groups is 1. The summed E-state index contributed by atoms with van der Waals surface area (Å²) in [5.74, 6) is 0. The molecule has 0 spiro atoms. The Hall–Kier alpha value is -1.80. The fraction of sp³-hybridized carbons (Fsp3) is 0.333. The molecule has 5 heteroatoms. The molecule has 1 aromatic carbocycles. The predicted octanol–water partition coefficient (Wildman–Crippen LogP) is 4.19. The predicted molar refractivity (Wildman–Crippen MR) is 80.9 cm³/mol. The molecule has 0 N–H and O–H groups in total. The summed E-state index contributed by atoms with van der Waals surface area (Å²) >= 11 is 3.39. The summed E-state index contributed by atoms with van der Waals surface area (Å²) in [5.41, 5.74) is 1.39. The maximum atomic E-state index is 12.3. The van der Waals surface area contributed by atoms with Gasteiger partial charge in [0, 0.05) is 10.7 Å². The van der Waals surface area contributed by atoms with E-state index in [0.29, 0.717) is 10.8 Å². The van der Waals surface area contributed by atoms with Crippen molar-refractivity contribution in [2.75, 3.05) is 0 Å². The zero-order valence-electron chi connectivity index (χ0n) is 11.6. The van der Waals surface area contributed by atoms with Crippen molar-refractivity contribution in [3.05, 3.63) is 35.5 Å². The van der Waals surface area contributed by atoms with Crippen LogP contribution in [0.2, 0.25) is 0 Å². The molecule has 104 valence electrons. The third-order valence-electron chi connectivity index (χ3n) is 2.71. The molecule has 2 rings (SSSR count). The van der Waals surface area contributed by atoms with Gasteiger partial charge in [-0.2, -0.15) is 5.26 Å². The van der Waals surface area contributed by atoms with E-state index in [1.807, 2.05) is 24.3 Å². The first kappa shape index (κ1) is 14.6. The van der Waals surface area contributed by atoms with Crippen LogP contribution in [0.1, 0.15) is 32.0 Å². The normalized spacial score (nSPS) is 11.3. The number of hydrogen-bond donors (Lipinski definition) is 0. The summed E-state index contributed by atoms with van der Waals surface area (Å²) in [7, 11) is 0. The molecule has 0 aliphatic rings. The van der Waals surface area contributed by atoms with Crippen LogP contribution in [0, 0.1) is 11.3 Å². The topological polar surface area (TPSA) is 55.0 Å². The lowest BCUT2D eigenvalue weighted by molar-refractivity contribution is 0.0543. The molecule has 0 unspecified atom stereocenters. The van der Waals surface area contributed by atoms with Crippen molar-refractivity contribution in [2.24, 2.45) is 0 Å². The SMILES string of the molecule is CC(C)(C)OC(=O)n1c(C#N)cc2ccc(CBr)cc21. The van der Waals surface area contributed by atoms with Crippen molar-refractivity contribution in [1.29, 1.82) is 5.26 Å². The minimum Gasteiger partial charge on any atom is -0.443 e. The van der Waals surface area contributed by atoms with Crippen molar-refractivity contribution in [2.45, 2.75) is 31.7 Å². The summed E-state index contributed by atoms with van der Waals surface area (Å²) in [6.07, 6.45) is -0.532. The fourth-order valence-corrected chi connectivity index (χ4v) is 2.27. The van der Waals surface area contributed by atoms with Crippen LogP contribution in [0.25, 0.3) is 10.9 Å². The van der Waals surface area contributed by atoms with Crippen molar-refractivity contribution in [3.8, 4) is 6.07 Å². The second kappa shape index (κ2) is 5.29. The first-order valence-electron chi connectivity index (χ1n) is 6.19. The molecule has 0 saturated carbocycles. The van der Waals surface area contributed by atoms with Crippen molar-refractivity contribution < 1.29 is 9.53 Å². The minimum atomic E-state index is -0.604. The van der Waals surface area contributed by atoms with Crippen molar-refractivity contribution >= 4 is 32.9 Å². The van der Waals surface area contributed by atoms with Gasteiger partial charge in [-0.3, -0.25) is 0 Å². The van der Waals surface area contributed by atoms with Crippen LogP contribution in [0.15, 0.2) is 24.3 Å². The lowest BCUT2D eigenvalue weighted by Crippen LogP contribution is -2.27. The van der Waals surface area contributed by atoms with Gasteiger partial charge in [0.1, 0.15) is 17.4 Å². The highest BCUT2D eigenvalue weighted by Gasteiger charge is 2.22. The number of hydrogen-bond acceptors (Lipinski definition) is 3. The summed E-state index contributed by atoms with van der Waals surface area (Å²) in [4.78, 5) is 12.3. The molecule has 0 radical (unpaired) electrons. The molecule has 0 fully saturated rings. The summed E-state index contributed by atoms with van der Waals surface area (Å²) in [6.45, 7) is 5.39. The number of carbonyl (C=O) groups excluding carboxylic acids is 1. The first-order valence-corrected chi connectivity index (χ1v) is 7.31.